The van der Waals surface area contributed by atoms with E-state index in [1.807, 2.05) is 4.90 Å². The molecule has 0 unspecified atom stereocenters. The normalized spacial score (nSPS) is 15.4. The molecule has 1 N–H and O–H groups in total. The summed E-state index contributed by atoms with van der Waals surface area (Å²) in [6.45, 7) is 3.86. The second-order valence-electron chi connectivity index (χ2n) is 4.67. The van der Waals surface area contributed by atoms with Crippen molar-refractivity contribution in [3.8, 4) is 0 Å². The van der Waals surface area contributed by atoms with Gasteiger partial charge in [0.15, 0.2) is 0 Å². The average molecular weight is 345 g/mol. The molecule has 0 bridgehead atoms. The van der Waals surface area contributed by atoms with Crippen molar-refractivity contribution in [1.29, 1.82) is 0 Å². The molecule has 1 heterocycles. The maximum Gasteiger partial charge on any atom is 0.224 e. The van der Waals surface area contributed by atoms with Gasteiger partial charge >= 0.3 is 0 Å². The van der Waals surface area contributed by atoms with Crippen molar-refractivity contribution in [3.05, 3.63) is 34.1 Å². The molecule has 1 aromatic rings. The lowest BCUT2D eigenvalue weighted by Gasteiger charge is -2.26. The van der Waals surface area contributed by atoms with E-state index in [2.05, 4.69) is 21.2 Å². The van der Waals surface area contributed by atoms with E-state index in [1.54, 1.807) is 12.1 Å². The van der Waals surface area contributed by atoms with Gasteiger partial charge in [0.25, 0.3) is 0 Å². The smallest absolute Gasteiger partial charge is 0.224 e. The molecule has 6 heteroatoms. The van der Waals surface area contributed by atoms with Crippen molar-refractivity contribution in [1.82, 2.24) is 10.2 Å². The molecule has 0 spiro atoms. The molecule has 20 heavy (non-hydrogen) atoms. The van der Waals surface area contributed by atoms with Crippen LogP contribution in [0.2, 0.25) is 0 Å². The van der Waals surface area contributed by atoms with E-state index in [0.717, 1.165) is 5.56 Å². The summed E-state index contributed by atoms with van der Waals surface area (Å²) in [5.74, 6) is -0.114. The van der Waals surface area contributed by atoms with Crippen LogP contribution in [-0.2, 0) is 16.1 Å². The Bertz CT molecular complexity index is 464. The minimum Gasteiger partial charge on any atom is -0.378 e. The number of halogens is 2. The van der Waals surface area contributed by atoms with Gasteiger partial charge in [0, 0.05) is 32.6 Å². The number of hydrogen-bond donors (Lipinski definition) is 1. The van der Waals surface area contributed by atoms with E-state index in [0.29, 0.717) is 50.3 Å². The Morgan fingerprint density at radius 1 is 1.40 bits per heavy atom. The van der Waals surface area contributed by atoms with Crippen molar-refractivity contribution >= 4 is 21.8 Å². The van der Waals surface area contributed by atoms with Gasteiger partial charge in [-0.15, -0.1) is 0 Å². The number of nitrogens with one attached hydrogen (secondary N) is 1. The van der Waals surface area contributed by atoms with E-state index >= 15 is 0 Å². The molecule has 0 atom stereocenters. The second-order valence-corrected chi connectivity index (χ2v) is 5.52. The summed E-state index contributed by atoms with van der Waals surface area (Å²) in [7, 11) is 0. The number of ether oxygens (including phenoxy) is 1. The quantitative estimate of drug-likeness (QED) is 0.830. The monoisotopic (exact) mass is 344 g/mol. The maximum atomic E-state index is 13.1. The molecule has 1 aliphatic heterocycles. The number of amides is 1. The van der Waals surface area contributed by atoms with Crippen LogP contribution in [-0.4, -0.2) is 43.7 Å². The number of carbonyl (C=O) groups is 1. The van der Waals surface area contributed by atoms with Crippen LogP contribution in [0.15, 0.2) is 22.7 Å². The van der Waals surface area contributed by atoms with Crippen LogP contribution in [0.1, 0.15) is 12.0 Å². The van der Waals surface area contributed by atoms with E-state index in [1.165, 1.54) is 6.07 Å². The van der Waals surface area contributed by atoms with Crippen molar-refractivity contribution in [3.63, 3.8) is 0 Å². The standard InChI is InChI=1S/C14H18BrFN2O2/c15-12-9-11(1-2-13(12)16)10-17-4-3-14(19)18-5-7-20-8-6-18/h1-2,9,17H,3-8,10H2. The summed E-state index contributed by atoms with van der Waals surface area (Å²) in [5, 5.41) is 3.20. The van der Waals surface area contributed by atoms with Gasteiger partial charge in [-0.25, -0.2) is 4.39 Å². The lowest BCUT2D eigenvalue weighted by molar-refractivity contribution is -0.135. The third-order valence-corrected chi connectivity index (χ3v) is 3.80. The molecule has 1 saturated heterocycles. The van der Waals surface area contributed by atoms with Crippen LogP contribution in [0.4, 0.5) is 4.39 Å². The van der Waals surface area contributed by atoms with E-state index in [9.17, 15) is 9.18 Å². The molecule has 0 aromatic heterocycles. The fourth-order valence-corrected chi connectivity index (χ4v) is 2.47. The Balaban J connectivity index is 1.68. The van der Waals surface area contributed by atoms with Gasteiger partial charge in [-0.2, -0.15) is 0 Å². The Labute approximate surface area is 126 Å². The molecular formula is C14H18BrFN2O2. The van der Waals surface area contributed by atoms with Crippen LogP contribution >= 0.6 is 15.9 Å². The summed E-state index contributed by atoms with van der Waals surface area (Å²) >= 11 is 3.15. The predicted octanol–water partition coefficient (Wildman–Crippen LogP) is 1.93. The van der Waals surface area contributed by atoms with Crippen LogP contribution < -0.4 is 5.32 Å². The molecule has 1 aromatic carbocycles. The average Bonchev–Trinajstić information content (AvgIpc) is 2.48. The van der Waals surface area contributed by atoms with Crippen LogP contribution in [0.5, 0.6) is 0 Å². The third-order valence-electron chi connectivity index (χ3n) is 3.19. The van der Waals surface area contributed by atoms with Gasteiger partial charge in [0.05, 0.1) is 17.7 Å². The zero-order valence-electron chi connectivity index (χ0n) is 11.2. The Morgan fingerprint density at radius 3 is 2.85 bits per heavy atom. The molecule has 0 saturated carbocycles. The molecule has 110 valence electrons. The van der Waals surface area contributed by atoms with E-state index in [4.69, 9.17) is 4.74 Å². The minimum absolute atomic E-state index is 0.154. The zero-order valence-corrected chi connectivity index (χ0v) is 12.8. The molecule has 0 radical (unpaired) electrons. The fraction of sp³-hybridized carbons (Fsp3) is 0.500. The van der Waals surface area contributed by atoms with E-state index < -0.39 is 0 Å². The first-order chi connectivity index (χ1) is 9.66. The summed E-state index contributed by atoms with van der Waals surface area (Å²) in [5.41, 5.74) is 0.983. The number of benzene rings is 1. The first-order valence-corrected chi connectivity index (χ1v) is 7.46. The second kappa shape index (κ2) is 7.71. The molecule has 1 fully saturated rings. The molecule has 2 rings (SSSR count). The molecule has 0 aliphatic carbocycles. The lowest BCUT2D eigenvalue weighted by atomic mass is 10.2. The first-order valence-electron chi connectivity index (χ1n) is 6.67. The van der Waals surface area contributed by atoms with Gasteiger partial charge in [0.2, 0.25) is 5.91 Å². The number of nitrogens with zero attached hydrogens (tertiary/aromatic N) is 1. The molecular weight excluding hydrogens is 327 g/mol. The predicted molar refractivity (Wildman–Crippen MR) is 77.8 cm³/mol. The SMILES string of the molecule is O=C(CCNCc1ccc(F)c(Br)c1)N1CCOCC1. The summed E-state index contributed by atoms with van der Waals surface area (Å²) in [6.07, 6.45) is 0.475. The summed E-state index contributed by atoms with van der Waals surface area (Å²) in [4.78, 5) is 13.7. The van der Waals surface area contributed by atoms with Crippen LogP contribution in [0.3, 0.4) is 0 Å². The Hall–Kier alpha value is -0.980. The summed E-state index contributed by atoms with van der Waals surface area (Å²) < 4.78 is 18.7. The number of rotatable bonds is 5. The van der Waals surface area contributed by atoms with Crippen molar-refractivity contribution in [2.45, 2.75) is 13.0 Å². The maximum absolute atomic E-state index is 13.1. The van der Waals surface area contributed by atoms with Crippen LogP contribution in [0, 0.1) is 5.82 Å². The lowest BCUT2D eigenvalue weighted by Crippen LogP contribution is -2.41. The highest BCUT2D eigenvalue weighted by molar-refractivity contribution is 9.10. The fourth-order valence-electron chi connectivity index (χ4n) is 2.05. The largest absolute Gasteiger partial charge is 0.378 e. The highest BCUT2D eigenvalue weighted by Crippen LogP contribution is 2.16. The Kier molecular flexibility index (Phi) is 5.94. The van der Waals surface area contributed by atoms with Crippen molar-refractivity contribution in [2.24, 2.45) is 0 Å². The first kappa shape index (κ1) is 15.4. The number of hydrogen-bond acceptors (Lipinski definition) is 3. The molecule has 1 aliphatic rings. The number of morpholine rings is 1. The Morgan fingerprint density at radius 2 is 2.15 bits per heavy atom. The van der Waals surface area contributed by atoms with Crippen molar-refractivity contribution in [2.75, 3.05) is 32.8 Å². The van der Waals surface area contributed by atoms with Gasteiger partial charge in [-0.3, -0.25) is 4.79 Å². The van der Waals surface area contributed by atoms with Crippen LogP contribution in [0.25, 0.3) is 0 Å². The van der Waals surface area contributed by atoms with E-state index in [-0.39, 0.29) is 11.7 Å². The van der Waals surface area contributed by atoms with Gasteiger partial charge in [-0.1, -0.05) is 6.07 Å². The molecule has 1 amide bonds. The zero-order chi connectivity index (χ0) is 14.4. The highest BCUT2D eigenvalue weighted by atomic mass is 79.9. The topological polar surface area (TPSA) is 41.6 Å². The molecule has 4 nitrogen and oxygen atoms in total. The van der Waals surface area contributed by atoms with Gasteiger partial charge in [0.1, 0.15) is 5.82 Å². The highest BCUT2D eigenvalue weighted by Gasteiger charge is 2.15. The minimum atomic E-state index is -0.267. The third kappa shape index (κ3) is 4.54. The van der Waals surface area contributed by atoms with Gasteiger partial charge in [-0.05, 0) is 33.6 Å². The van der Waals surface area contributed by atoms with Gasteiger partial charge < -0.3 is 15.0 Å². The van der Waals surface area contributed by atoms with Crippen molar-refractivity contribution < 1.29 is 13.9 Å². The summed E-state index contributed by atoms with van der Waals surface area (Å²) in [6, 6.07) is 4.91. The number of carbonyl (C=O) groups excluding carboxylic acids is 1.